The fraction of sp³-hybridized carbons (Fsp3) is 0.560. The van der Waals surface area contributed by atoms with E-state index in [9.17, 15) is 4.79 Å². The number of aromatic nitrogens is 2. The first-order valence-electron chi connectivity index (χ1n) is 11.5. The minimum absolute atomic E-state index is 0.00989. The van der Waals surface area contributed by atoms with Crippen molar-refractivity contribution in [1.29, 1.82) is 0 Å². The molecule has 2 atom stereocenters. The number of aryl methyl sites for hydroxylation is 1. The maximum absolute atomic E-state index is 11.0. The molecule has 2 heterocycles. The zero-order valence-corrected chi connectivity index (χ0v) is 18.7. The largest absolute Gasteiger partial charge is 0.427 e. The number of nitrogens with zero attached hydrogens (tertiary/aromatic N) is 2. The molecule has 2 aromatic rings. The van der Waals surface area contributed by atoms with Gasteiger partial charge in [0.25, 0.3) is 0 Å². The number of unbranched alkanes of at least 4 members (excludes halogenated alkanes) is 3. The van der Waals surface area contributed by atoms with E-state index in [1.165, 1.54) is 32.6 Å². The maximum atomic E-state index is 11.0. The van der Waals surface area contributed by atoms with Crippen molar-refractivity contribution in [1.82, 2.24) is 9.97 Å². The van der Waals surface area contributed by atoms with Crippen LogP contribution in [0.25, 0.3) is 11.1 Å². The Labute approximate surface area is 185 Å². The molecule has 1 saturated heterocycles. The molecule has 6 nitrogen and oxygen atoms in total. The van der Waals surface area contributed by atoms with Gasteiger partial charge in [0, 0.05) is 37.9 Å². The number of hydrogen-bond donors (Lipinski definition) is 0. The quantitative estimate of drug-likeness (QED) is 0.269. The molecule has 0 aliphatic carbocycles. The zero-order valence-electron chi connectivity index (χ0n) is 18.7. The lowest BCUT2D eigenvalue weighted by molar-refractivity contribution is -0.185. The van der Waals surface area contributed by atoms with Gasteiger partial charge in [0.05, 0.1) is 6.10 Å². The topological polar surface area (TPSA) is 70.5 Å². The molecule has 0 amide bonds. The standard InChI is InChI=1S/C25H34N2O4/c1-19(30-25-11-7-8-16-29-25)9-5-3-4-6-10-24-26-17-22(18-27-24)21-12-14-23(15-13-21)31-20(2)28/h12-15,17-19,25H,3-11,16H2,1-2H3. The van der Waals surface area contributed by atoms with Gasteiger partial charge in [-0.3, -0.25) is 4.79 Å². The third-order valence-electron chi connectivity index (χ3n) is 5.44. The molecule has 168 valence electrons. The Morgan fingerprint density at radius 2 is 1.81 bits per heavy atom. The van der Waals surface area contributed by atoms with Gasteiger partial charge in [0.2, 0.25) is 0 Å². The van der Waals surface area contributed by atoms with Gasteiger partial charge < -0.3 is 14.2 Å². The molecule has 0 radical (unpaired) electrons. The van der Waals surface area contributed by atoms with Crippen molar-refractivity contribution in [2.75, 3.05) is 6.61 Å². The molecule has 2 unspecified atom stereocenters. The first-order valence-corrected chi connectivity index (χ1v) is 11.5. The molecule has 1 fully saturated rings. The summed E-state index contributed by atoms with van der Waals surface area (Å²) in [5, 5.41) is 0. The number of ether oxygens (including phenoxy) is 3. The minimum Gasteiger partial charge on any atom is -0.427 e. The molecule has 1 aliphatic rings. The Hall–Kier alpha value is -2.31. The Bertz CT molecular complexity index is 786. The van der Waals surface area contributed by atoms with Gasteiger partial charge in [-0.2, -0.15) is 0 Å². The second-order valence-electron chi connectivity index (χ2n) is 8.20. The maximum Gasteiger partial charge on any atom is 0.308 e. The van der Waals surface area contributed by atoms with Gasteiger partial charge in [-0.1, -0.05) is 31.4 Å². The first-order chi connectivity index (χ1) is 15.1. The van der Waals surface area contributed by atoms with E-state index < -0.39 is 0 Å². The molecular weight excluding hydrogens is 392 g/mol. The summed E-state index contributed by atoms with van der Waals surface area (Å²) in [5.74, 6) is 1.10. The highest BCUT2D eigenvalue weighted by molar-refractivity contribution is 5.70. The summed E-state index contributed by atoms with van der Waals surface area (Å²) in [6, 6.07) is 7.36. The number of esters is 1. The summed E-state index contributed by atoms with van der Waals surface area (Å²) in [4.78, 5) is 20.0. The fourth-order valence-corrected chi connectivity index (χ4v) is 3.73. The monoisotopic (exact) mass is 426 g/mol. The van der Waals surface area contributed by atoms with Gasteiger partial charge in [-0.15, -0.1) is 0 Å². The molecule has 0 saturated carbocycles. The van der Waals surface area contributed by atoms with E-state index >= 15 is 0 Å². The normalized spacial score (nSPS) is 17.3. The number of hydrogen-bond acceptors (Lipinski definition) is 6. The van der Waals surface area contributed by atoms with Crippen LogP contribution in [0.3, 0.4) is 0 Å². The molecule has 6 heteroatoms. The summed E-state index contributed by atoms with van der Waals surface area (Å²) >= 11 is 0. The second-order valence-corrected chi connectivity index (χ2v) is 8.20. The number of rotatable bonds is 11. The molecule has 0 bridgehead atoms. The van der Waals surface area contributed by atoms with Crippen molar-refractivity contribution in [2.24, 2.45) is 0 Å². The highest BCUT2D eigenvalue weighted by Gasteiger charge is 2.16. The van der Waals surface area contributed by atoms with Gasteiger partial charge >= 0.3 is 5.97 Å². The lowest BCUT2D eigenvalue weighted by Gasteiger charge is -2.26. The SMILES string of the molecule is CC(=O)Oc1ccc(-c2cnc(CCCCCCC(C)OC3CCCCO3)nc2)cc1. The molecule has 1 aromatic heterocycles. The third-order valence-corrected chi connectivity index (χ3v) is 5.44. The van der Waals surface area contributed by atoms with Crippen LogP contribution in [0.5, 0.6) is 5.75 Å². The third kappa shape index (κ3) is 8.38. The number of carbonyl (C=O) groups excluding carboxylic acids is 1. The van der Waals surface area contributed by atoms with Crippen LogP contribution in [0.2, 0.25) is 0 Å². The average Bonchev–Trinajstić information content (AvgIpc) is 2.77. The lowest BCUT2D eigenvalue weighted by Crippen LogP contribution is -2.26. The van der Waals surface area contributed by atoms with Gasteiger partial charge in [0.1, 0.15) is 11.6 Å². The van der Waals surface area contributed by atoms with Crippen LogP contribution in [0.4, 0.5) is 0 Å². The molecule has 0 N–H and O–H groups in total. The van der Waals surface area contributed by atoms with E-state index in [2.05, 4.69) is 16.9 Å². The highest BCUT2D eigenvalue weighted by Crippen LogP contribution is 2.22. The first kappa shape index (κ1) is 23.4. The Morgan fingerprint density at radius 1 is 1.06 bits per heavy atom. The zero-order chi connectivity index (χ0) is 21.9. The van der Waals surface area contributed by atoms with Crippen molar-refractivity contribution in [3.63, 3.8) is 0 Å². The van der Waals surface area contributed by atoms with Crippen molar-refractivity contribution in [2.45, 2.75) is 84.0 Å². The summed E-state index contributed by atoms with van der Waals surface area (Å²) in [7, 11) is 0. The summed E-state index contributed by atoms with van der Waals surface area (Å²) < 4.78 is 16.7. The molecule has 31 heavy (non-hydrogen) atoms. The fourth-order valence-electron chi connectivity index (χ4n) is 3.73. The van der Waals surface area contributed by atoms with E-state index in [1.54, 1.807) is 12.1 Å². The van der Waals surface area contributed by atoms with Gasteiger partial charge in [-0.05, 0) is 56.7 Å². The lowest BCUT2D eigenvalue weighted by atomic mass is 10.1. The Morgan fingerprint density at radius 3 is 2.48 bits per heavy atom. The van der Waals surface area contributed by atoms with E-state index in [0.29, 0.717) is 5.75 Å². The molecular formula is C25H34N2O4. The molecule has 0 spiro atoms. The average molecular weight is 427 g/mol. The van der Waals surface area contributed by atoms with Gasteiger partial charge in [-0.25, -0.2) is 9.97 Å². The minimum atomic E-state index is -0.322. The molecule has 1 aromatic carbocycles. The van der Waals surface area contributed by atoms with Crippen molar-refractivity contribution in [3.8, 4) is 16.9 Å². The van der Waals surface area contributed by atoms with Crippen molar-refractivity contribution < 1.29 is 19.0 Å². The van der Waals surface area contributed by atoms with E-state index in [4.69, 9.17) is 14.2 Å². The van der Waals surface area contributed by atoms with Crippen molar-refractivity contribution >= 4 is 5.97 Å². The van der Waals surface area contributed by atoms with Crippen LogP contribution in [0.1, 0.15) is 71.0 Å². The molecule has 1 aliphatic heterocycles. The van der Waals surface area contributed by atoms with Crippen LogP contribution < -0.4 is 4.74 Å². The number of benzene rings is 1. The number of carbonyl (C=O) groups is 1. The highest BCUT2D eigenvalue weighted by atomic mass is 16.7. The Kier molecular flexibility index (Phi) is 9.43. The molecule has 3 rings (SSSR count). The predicted molar refractivity (Wildman–Crippen MR) is 120 cm³/mol. The van der Waals surface area contributed by atoms with Crippen LogP contribution in [-0.2, 0) is 20.7 Å². The Balaban J connectivity index is 1.31. The predicted octanol–water partition coefficient (Wildman–Crippen LogP) is 5.49. The second kappa shape index (κ2) is 12.5. The van der Waals surface area contributed by atoms with E-state index in [0.717, 1.165) is 55.7 Å². The summed E-state index contributed by atoms with van der Waals surface area (Å²) in [6.45, 7) is 4.38. The van der Waals surface area contributed by atoms with Crippen molar-refractivity contribution in [3.05, 3.63) is 42.5 Å². The summed E-state index contributed by atoms with van der Waals surface area (Å²) in [6.07, 6.45) is 14.0. The van der Waals surface area contributed by atoms with Crippen LogP contribution in [-0.4, -0.2) is 34.9 Å². The van der Waals surface area contributed by atoms with Crippen LogP contribution in [0.15, 0.2) is 36.7 Å². The van der Waals surface area contributed by atoms with Crippen LogP contribution >= 0.6 is 0 Å². The van der Waals surface area contributed by atoms with E-state index in [1.807, 2.05) is 24.5 Å². The van der Waals surface area contributed by atoms with E-state index in [-0.39, 0.29) is 18.4 Å². The smallest absolute Gasteiger partial charge is 0.308 e. The van der Waals surface area contributed by atoms with Gasteiger partial charge in [0.15, 0.2) is 6.29 Å². The summed E-state index contributed by atoms with van der Waals surface area (Å²) in [5.41, 5.74) is 1.95. The van der Waals surface area contributed by atoms with Crippen LogP contribution in [0, 0.1) is 0 Å².